The van der Waals surface area contributed by atoms with E-state index in [-0.39, 0.29) is 12.0 Å². The van der Waals surface area contributed by atoms with E-state index in [2.05, 4.69) is 5.32 Å². The molecule has 2 aliphatic rings. The second-order valence-corrected chi connectivity index (χ2v) is 5.99. The number of nitrogens with one attached hydrogen (secondary N) is 1. The third-order valence-corrected chi connectivity index (χ3v) is 4.40. The van der Waals surface area contributed by atoms with E-state index in [1.807, 2.05) is 11.9 Å². The summed E-state index contributed by atoms with van der Waals surface area (Å²) >= 11 is 0. The van der Waals surface area contributed by atoms with Crippen LogP contribution in [0.1, 0.15) is 44.9 Å². The number of likely N-dealkylation sites (N-methyl/N-ethyl adjacent to an activating group) is 1. The molecule has 0 aromatic carbocycles. The SMILES string of the molecule is CN(CC1CCCCO1)C(=O)CCC1CCNCC1. The minimum absolute atomic E-state index is 0.265. The first kappa shape index (κ1) is 14.8. The first-order valence-corrected chi connectivity index (χ1v) is 7.82. The Bertz CT molecular complexity index is 271. The van der Waals surface area contributed by atoms with E-state index in [0.717, 1.165) is 45.0 Å². The first-order valence-electron chi connectivity index (χ1n) is 7.82. The van der Waals surface area contributed by atoms with Gasteiger partial charge in [-0.1, -0.05) is 0 Å². The van der Waals surface area contributed by atoms with Gasteiger partial charge < -0.3 is 15.0 Å². The van der Waals surface area contributed by atoms with Gasteiger partial charge in [0.15, 0.2) is 0 Å². The summed E-state index contributed by atoms with van der Waals surface area (Å²) in [6, 6.07) is 0. The molecule has 0 aromatic rings. The summed E-state index contributed by atoms with van der Waals surface area (Å²) in [5.74, 6) is 1.03. The van der Waals surface area contributed by atoms with Crippen molar-refractivity contribution in [2.45, 2.75) is 51.0 Å². The molecule has 1 unspecified atom stereocenters. The van der Waals surface area contributed by atoms with Gasteiger partial charge in [0, 0.05) is 26.6 Å². The predicted octanol–water partition coefficient (Wildman–Crippen LogP) is 1.79. The summed E-state index contributed by atoms with van der Waals surface area (Å²) in [4.78, 5) is 14.0. The molecule has 2 rings (SSSR count). The van der Waals surface area contributed by atoms with Crippen molar-refractivity contribution in [3.05, 3.63) is 0 Å². The minimum Gasteiger partial charge on any atom is -0.376 e. The van der Waals surface area contributed by atoms with Crippen LogP contribution in [0.25, 0.3) is 0 Å². The van der Waals surface area contributed by atoms with Crippen molar-refractivity contribution in [1.29, 1.82) is 0 Å². The van der Waals surface area contributed by atoms with E-state index >= 15 is 0 Å². The van der Waals surface area contributed by atoms with Crippen LogP contribution in [0.3, 0.4) is 0 Å². The fourth-order valence-electron chi connectivity index (χ4n) is 3.05. The smallest absolute Gasteiger partial charge is 0.222 e. The van der Waals surface area contributed by atoms with Crippen LogP contribution in [0.5, 0.6) is 0 Å². The zero-order valence-corrected chi connectivity index (χ0v) is 12.2. The zero-order valence-electron chi connectivity index (χ0n) is 12.2. The van der Waals surface area contributed by atoms with Crippen LogP contribution in [-0.4, -0.2) is 50.2 Å². The molecule has 4 nitrogen and oxygen atoms in total. The van der Waals surface area contributed by atoms with E-state index < -0.39 is 0 Å². The number of carbonyl (C=O) groups excluding carboxylic acids is 1. The lowest BCUT2D eigenvalue weighted by molar-refractivity contribution is -0.132. The molecule has 4 heteroatoms. The summed E-state index contributed by atoms with van der Waals surface area (Å²) in [6.45, 7) is 3.86. The monoisotopic (exact) mass is 268 g/mol. The highest BCUT2D eigenvalue weighted by Gasteiger charge is 2.20. The Labute approximate surface area is 116 Å². The first-order chi connectivity index (χ1) is 9.25. The lowest BCUT2D eigenvalue weighted by Gasteiger charge is -2.28. The average Bonchev–Trinajstić information content (AvgIpc) is 2.47. The van der Waals surface area contributed by atoms with E-state index in [4.69, 9.17) is 4.74 Å². The molecule has 0 spiro atoms. The topological polar surface area (TPSA) is 41.6 Å². The molecule has 0 bridgehead atoms. The van der Waals surface area contributed by atoms with E-state index in [9.17, 15) is 4.79 Å². The number of rotatable bonds is 5. The zero-order chi connectivity index (χ0) is 13.5. The van der Waals surface area contributed by atoms with Crippen molar-refractivity contribution in [3.8, 4) is 0 Å². The standard InChI is InChI=1S/C15H28N2O2/c1-17(12-14-4-2-3-11-19-14)15(18)6-5-13-7-9-16-10-8-13/h13-14,16H,2-12H2,1H3. The van der Waals surface area contributed by atoms with Crippen molar-refractivity contribution in [2.24, 2.45) is 5.92 Å². The minimum atomic E-state index is 0.265. The summed E-state index contributed by atoms with van der Waals surface area (Å²) in [5.41, 5.74) is 0. The molecule has 19 heavy (non-hydrogen) atoms. The maximum atomic E-state index is 12.1. The third-order valence-electron chi connectivity index (χ3n) is 4.40. The van der Waals surface area contributed by atoms with Crippen molar-refractivity contribution in [1.82, 2.24) is 10.2 Å². The number of hydrogen-bond acceptors (Lipinski definition) is 3. The molecule has 2 aliphatic heterocycles. The largest absolute Gasteiger partial charge is 0.376 e. The van der Waals surface area contributed by atoms with Crippen LogP contribution in [-0.2, 0) is 9.53 Å². The van der Waals surface area contributed by atoms with E-state index in [1.54, 1.807) is 0 Å². The molecule has 110 valence electrons. The number of carbonyl (C=O) groups is 1. The van der Waals surface area contributed by atoms with Gasteiger partial charge in [-0.05, 0) is 57.5 Å². The summed E-state index contributed by atoms with van der Waals surface area (Å²) < 4.78 is 5.69. The third kappa shape index (κ3) is 5.11. The number of hydrogen-bond donors (Lipinski definition) is 1. The fourth-order valence-corrected chi connectivity index (χ4v) is 3.05. The Balaban J connectivity index is 1.63. The normalized spacial score (nSPS) is 25.2. The molecule has 1 N–H and O–H groups in total. The maximum Gasteiger partial charge on any atom is 0.222 e. The molecule has 0 radical (unpaired) electrons. The lowest BCUT2D eigenvalue weighted by Crippen LogP contribution is -2.37. The van der Waals surface area contributed by atoms with Crippen LogP contribution in [0.4, 0.5) is 0 Å². The van der Waals surface area contributed by atoms with Crippen molar-refractivity contribution >= 4 is 5.91 Å². The van der Waals surface area contributed by atoms with Crippen molar-refractivity contribution in [2.75, 3.05) is 33.3 Å². The van der Waals surface area contributed by atoms with E-state index in [1.165, 1.54) is 25.7 Å². The number of piperidine rings is 1. The molecule has 0 saturated carbocycles. The Morgan fingerprint density at radius 1 is 1.26 bits per heavy atom. The quantitative estimate of drug-likeness (QED) is 0.826. The Hall–Kier alpha value is -0.610. The Morgan fingerprint density at radius 3 is 2.74 bits per heavy atom. The molecule has 2 heterocycles. The summed E-state index contributed by atoms with van der Waals surface area (Å²) in [7, 11) is 1.92. The summed E-state index contributed by atoms with van der Waals surface area (Å²) in [6.07, 6.45) is 7.98. The van der Waals surface area contributed by atoms with Gasteiger partial charge in [0.05, 0.1) is 6.10 Å². The molecule has 0 aromatic heterocycles. The van der Waals surface area contributed by atoms with E-state index in [0.29, 0.717) is 6.42 Å². The van der Waals surface area contributed by atoms with Gasteiger partial charge in [-0.25, -0.2) is 0 Å². The molecule has 1 atom stereocenters. The second kappa shape index (κ2) is 7.85. The predicted molar refractivity (Wildman–Crippen MR) is 76.1 cm³/mol. The molecule has 1 amide bonds. The van der Waals surface area contributed by atoms with Gasteiger partial charge >= 0.3 is 0 Å². The van der Waals surface area contributed by atoms with Gasteiger partial charge in [-0.15, -0.1) is 0 Å². The van der Waals surface area contributed by atoms with Crippen LogP contribution < -0.4 is 5.32 Å². The average molecular weight is 268 g/mol. The highest BCUT2D eigenvalue weighted by atomic mass is 16.5. The lowest BCUT2D eigenvalue weighted by atomic mass is 9.93. The van der Waals surface area contributed by atoms with Crippen LogP contribution in [0, 0.1) is 5.92 Å². The molecule has 2 fully saturated rings. The van der Waals surface area contributed by atoms with Gasteiger partial charge in [0.1, 0.15) is 0 Å². The van der Waals surface area contributed by atoms with Crippen LogP contribution in [0.15, 0.2) is 0 Å². The second-order valence-electron chi connectivity index (χ2n) is 5.99. The highest BCUT2D eigenvalue weighted by molar-refractivity contribution is 5.75. The highest BCUT2D eigenvalue weighted by Crippen LogP contribution is 2.19. The fraction of sp³-hybridized carbons (Fsp3) is 0.933. The maximum absolute atomic E-state index is 12.1. The summed E-state index contributed by atoms with van der Waals surface area (Å²) in [5, 5.41) is 3.37. The molecule has 0 aliphatic carbocycles. The van der Waals surface area contributed by atoms with Crippen LogP contribution in [0.2, 0.25) is 0 Å². The Kier molecular flexibility index (Phi) is 6.11. The van der Waals surface area contributed by atoms with Gasteiger partial charge in [0.2, 0.25) is 5.91 Å². The Morgan fingerprint density at radius 2 is 2.05 bits per heavy atom. The van der Waals surface area contributed by atoms with Crippen LogP contribution >= 0.6 is 0 Å². The molecular weight excluding hydrogens is 240 g/mol. The van der Waals surface area contributed by atoms with Gasteiger partial charge in [-0.2, -0.15) is 0 Å². The number of nitrogens with zero attached hydrogens (tertiary/aromatic N) is 1. The van der Waals surface area contributed by atoms with Crippen molar-refractivity contribution in [3.63, 3.8) is 0 Å². The molecule has 2 saturated heterocycles. The number of amides is 1. The van der Waals surface area contributed by atoms with Gasteiger partial charge in [-0.3, -0.25) is 4.79 Å². The molecular formula is C15H28N2O2. The van der Waals surface area contributed by atoms with Gasteiger partial charge in [0.25, 0.3) is 0 Å². The number of ether oxygens (including phenoxy) is 1. The van der Waals surface area contributed by atoms with Crippen molar-refractivity contribution < 1.29 is 9.53 Å².